The maximum Gasteiger partial charge on any atom is 0.0346 e. The Balaban J connectivity index is 1.67. The number of fused-ring (bicyclic) bond motifs is 1. The van der Waals surface area contributed by atoms with E-state index in [1.807, 2.05) is 0 Å². The molecule has 3 rings (SSSR count). The first-order valence-electron chi connectivity index (χ1n) is 7.04. The van der Waals surface area contributed by atoms with Crippen LogP contribution in [-0.2, 0) is 0 Å². The summed E-state index contributed by atoms with van der Waals surface area (Å²) in [5.74, 6) is 1.79. The second kappa shape index (κ2) is 5.01. The quantitative estimate of drug-likeness (QED) is 0.819. The van der Waals surface area contributed by atoms with Gasteiger partial charge in [0.05, 0.1) is 0 Å². The third-order valence-electron chi connectivity index (χ3n) is 4.15. The second-order valence-electron chi connectivity index (χ2n) is 5.73. The zero-order valence-corrected chi connectivity index (χ0v) is 11.0. The van der Waals surface area contributed by atoms with Gasteiger partial charge in [-0.1, -0.05) is 43.7 Å². The van der Waals surface area contributed by atoms with Crippen molar-refractivity contribution in [2.45, 2.75) is 26.2 Å². The van der Waals surface area contributed by atoms with Crippen molar-refractivity contribution in [2.75, 3.05) is 11.9 Å². The molecule has 0 saturated heterocycles. The Kier molecular flexibility index (Phi) is 3.22. The maximum atomic E-state index is 3.60. The van der Waals surface area contributed by atoms with Crippen LogP contribution in [0.2, 0.25) is 0 Å². The molecule has 1 fully saturated rings. The lowest BCUT2D eigenvalue weighted by Gasteiger charge is -2.12. The molecule has 2 aromatic rings. The van der Waals surface area contributed by atoms with Crippen LogP contribution in [-0.4, -0.2) is 6.54 Å². The third-order valence-corrected chi connectivity index (χ3v) is 4.15. The second-order valence-corrected chi connectivity index (χ2v) is 5.73. The molecule has 2 aromatic carbocycles. The fourth-order valence-electron chi connectivity index (χ4n) is 3.07. The van der Waals surface area contributed by atoms with Gasteiger partial charge in [-0.2, -0.15) is 0 Å². The van der Waals surface area contributed by atoms with Crippen LogP contribution in [0.4, 0.5) is 5.69 Å². The largest absolute Gasteiger partial charge is 0.385 e. The SMILES string of the molecule is CC1CCC(CNc2ccc3ccccc3c2)C1. The Bertz CT molecular complexity index is 532. The van der Waals surface area contributed by atoms with Crippen LogP contribution in [0, 0.1) is 11.8 Å². The number of benzene rings is 2. The average molecular weight is 239 g/mol. The van der Waals surface area contributed by atoms with Gasteiger partial charge in [0.1, 0.15) is 0 Å². The molecule has 0 aromatic heterocycles. The molecule has 1 nitrogen and oxygen atoms in total. The lowest BCUT2D eigenvalue weighted by Crippen LogP contribution is -2.11. The Labute approximate surface area is 109 Å². The van der Waals surface area contributed by atoms with Gasteiger partial charge in [-0.25, -0.2) is 0 Å². The molecule has 94 valence electrons. The predicted octanol–water partition coefficient (Wildman–Crippen LogP) is 4.69. The van der Waals surface area contributed by atoms with Crippen LogP contribution >= 0.6 is 0 Å². The van der Waals surface area contributed by atoms with Gasteiger partial charge in [-0.3, -0.25) is 0 Å². The average Bonchev–Trinajstić information content (AvgIpc) is 2.82. The number of nitrogens with one attached hydrogen (secondary N) is 1. The highest BCUT2D eigenvalue weighted by atomic mass is 14.9. The predicted molar refractivity (Wildman–Crippen MR) is 78.9 cm³/mol. The zero-order chi connectivity index (χ0) is 12.4. The lowest BCUT2D eigenvalue weighted by molar-refractivity contribution is 0.537. The Hall–Kier alpha value is -1.50. The van der Waals surface area contributed by atoms with Gasteiger partial charge in [-0.05, 0) is 47.6 Å². The van der Waals surface area contributed by atoms with Gasteiger partial charge >= 0.3 is 0 Å². The minimum absolute atomic E-state index is 0.867. The van der Waals surface area contributed by atoms with E-state index in [1.54, 1.807) is 0 Å². The molecule has 1 aliphatic rings. The molecule has 0 aliphatic heterocycles. The third kappa shape index (κ3) is 2.50. The van der Waals surface area contributed by atoms with Crippen molar-refractivity contribution in [3.8, 4) is 0 Å². The first-order chi connectivity index (χ1) is 8.81. The van der Waals surface area contributed by atoms with Gasteiger partial charge in [-0.15, -0.1) is 0 Å². The summed E-state index contributed by atoms with van der Waals surface area (Å²) in [6.07, 6.45) is 4.19. The monoisotopic (exact) mass is 239 g/mol. The van der Waals surface area contributed by atoms with Crippen LogP contribution in [0.3, 0.4) is 0 Å². The summed E-state index contributed by atoms with van der Waals surface area (Å²) in [6, 6.07) is 15.2. The highest BCUT2D eigenvalue weighted by Crippen LogP contribution is 2.30. The van der Waals surface area contributed by atoms with Crippen LogP contribution in [0.15, 0.2) is 42.5 Å². The summed E-state index contributed by atoms with van der Waals surface area (Å²) in [6.45, 7) is 3.50. The minimum Gasteiger partial charge on any atom is -0.385 e. The van der Waals surface area contributed by atoms with E-state index in [1.165, 1.54) is 35.7 Å². The molecule has 1 heteroatoms. The normalized spacial score (nSPS) is 23.4. The van der Waals surface area contributed by atoms with E-state index in [9.17, 15) is 0 Å². The standard InChI is InChI=1S/C17H21N/c1-13-6-7-14(10-13)12-18-17-9-8-15-4-2-3-5-16(15)11-17/h2-5,8-9,11,13-14,18H,6-7,10,12H2,1H3. The van der Waals surface area contributed by atoms with E-state index < -0.39 is 0 Å². The van der Waals surface area contributed by atoms with Crippen LogP contribution in [0.25, 0.3) is 10.8 Å². The highest BCUT2D eigenvalue weighted by Gasteiger charge is 2.20. The van der Waals surface area contributed by atoms with Gasteiger partial charge in [0.2, 0.25) is 0 Å². The lowest BCUT2D eigenvalue weighted by atomic mass is 10.1. The van der Waals surface area contributed by atoms with Gasteiger partial charge in [0.15, 0.2) is 0 Å². The first kappa shape index (κ1) is 11.6. The minimum atomic E-state index is 0.867. The molecule has 18 heavy (non-hydrogen) atoms. The molecule has 0 spiro atoms. The Morgan fingerprint density at radius 3 is 2.67 bits per heavy atom. The molecule has 2 unspecified atom stereocenters. The summed E-state index contributed by atoms with van der Waals surface area (Å²) in [4.78, 5) is 0. The molecule has 2 atom stereocenters. The van der Waals surface area contributed by atoms with E-state index in [0.717, 1.165) is 18.4 Å². The van der Waals surface area contributed by atoms with Crippen molar-refractivity contribution in [3.05, 3.63) is 42.5 Å². The topological polar surface area (TPSA) is 12.0 Å². The number of anilines is 1. The molecule has 0 bridgehead atoms. The van der Waals surface area contributed by atoms with Crippen LogP contribution in [0.5, 0.6) is 0 Å². The van der Waals surface area contributed by atoms with Crippen molar-refractivity contribution in [2.24, 2.45) is 11.8 Å². The molecular formula is C17H21N. The highest BCUT2D eigenvalue weighted by molar-refractivity contribution is 5.85. The van der Waals surface area contributed by atoms with Crippen LogP contribution in [0.1, 0.15) is 26.2 Å². The van der Waals surface area contributed by atoms with E-state index in [0.29, 0.717) is 0 Å². The Morgan fingerprint density at radius 2 is 1.89 bits per heavy atom. The van der Waals surface area contributed by atoms with Crippen molar-refractivity contribution >= 4 is 16.5 Å². The number of hydrogen-bond acceptors (Lipinski definition) is 1. The molecule has 0 radical (unpaired) electrons. The summed E-state index contributed by atoms with van der Waals surface area (Å²) < 4.78 is 0. The first-order valence-corrected chi connectivity index (χ1v) is 7.04. The van der Waals surface area contributed by atoms with Crippen molar-refractivity contribution in [1.82, 2.24) is 0 Å². The van der Waals surface area contributed by atoms with Gasteiger partial charge in [0.25, 0.3) is 0 Å². The molecule has 0 amide bonds. The molecule has 1 saturated carbocycles. The van der Waals surface area contributed by atoms with Gasteiger partial charge in [0, 0.05) is 12.2 Å². The van der Waals surface area contributed by atoms with E-state index in [4.69, 9.17) is 0 Å². The molecule has 1 N–H and O–H groups in total. The summed E-state index contributed by atoms with van der Waals surface area (Å²) in [5, 5.41) is 6.24. The Morgan fingerprint density at radius 1 is 1.06 bits per heavy atom. The molecule has 0 heterocycles. The molecule has 1 aliphatic carbocycles. The molecular weight excluding hydrogens is 218 g/mol. The summed E-state index contributed by atoms with van der Waals surface area (Å²) >= 11 is 0. The fraction of sp³-hybridized carbons (Fsp3) is 0.412. The summed E-state index contributed by atoms with van der Waals surface area (Å²) in [7, 11) is 0. The zero-order valence-electron chi connectivity index (χ0n) is 11.0. The van der Waals surface area contributed by atoms with E-state index >= 15 is 0 Å². The fourth-order valence-corrected chi connectivity index (χ4v) is 3.07. The maximum absolute atomic E-state index is 3.60. The van der Waals surface area contributed by atoms with Gasteiger partial charge < -0.3 is 5.32 Å². The smallest absolute Gasteiger partial charge is 0.0346 e. The van der Waals surface area contributed by atoms with Crippen molar-refractivity contribution in [1.29, 1.82) is 0 Å². The van der Waals surface area contributed by atoms with Crippen molar-refractivity contribution < 1.29 is 0 Å². The summed E-state index contributed by atoms with van der Waals surface area (Å²) in [5.41, 5.74) is 1.26. The number of hydrogen-bond donors (Lipinski definition) is 1. The van der Waals surface area contributed by atoms with Crippen LogP contribution < -0.4 is 5.32 Å². The van der Waals surface area contributed by atoms with Crippen molar-refractivity contribution in [3.63, 3.8) is 0 Å². The number of rotatable bonds is 3. The van der Waals surface area contributed by atoms with E-state index in [-0.39, 0.29) is 0 Å². The van der Waals surface area contributed by atoms with E-state index in [2.05, 4.69) is 54.7 Å².